The van der Waals surface area contributed by atoms with E-state index in [1.165, 1.54) is 11.1 Å². The normalized spacial score (nSPS) is 19.9. The fourth-order valence-electron chi connectivity index (χ4n) is 5.99. The van der Waals surface area contributed by atoms with Crippen LogP contribution in [0.15, 0.2) is 60.3 Å². The first kappa shape index (κ1) is 25.1. The summed E-state index contributed by atoms with van der Waals surface area (Å²) in [5.74, 6) is -0.117. The third-order valence-corrected chi connectivity index (χ3v) is 7.85. The first-order valence-corrected chi connectivity index (χ1v) is 13.3. The van der Waals surface area contributed by atoms with Crippen LogP contribution >= 0.6 is 0 Å². The van der Waals surface area contributed by atoms with Crippen LogP contribution in [0.25, 0.3) is 11.1 Å². The second-order valence-electron chi connectivity index (χ2n) is 10.3. The van der Waals surface area contributed by atoms with E-state index in [-0.39, 0.29) is 30.4 Å². The molecule has 7 nitrogen and oxygen atoms in total. The Morgan fingerprint density at radius 2 is 1.65 bits per heavy atom. The maximum Gasteiger partial charge on any atom is 0.407 e. The first-order chi connectivity index (χ1) is 17.9. The Balaban J connectivity index is 1.22. The molecule has 2 aliphatic heterocycles. The van der Waals surface area contributed by atoms with Crippen molar-refractivity contribution in [3.05, 3.63) is 71.4 Å². The van der Waals surface area contributed by atoms with Crippen LogP contribution in [0.2, 0.25) is 0 Å². The van der Waals surface area contributed by atoms with Crippen molar-refractivity contribution in [3.63, 3.8) is 0 Å². The van der Waals surface area contributed by atoms with E-state index >= 15 is 0 Å². The Bertz CT molecular complexity index is 1180. The van der Waals surface area contributed by atoms with Gasteiger partial charge in [0.1, 0.15) is 12.6 Å². The molecule has 0 spiro atoms. The van der Waals surface area contributed by atoms with Gasteiger partial charge in [0, 0.05) is 32.1 Å². The van der Waals surface area contributed by atoms with Crippen molar-refractivity contribution in [1.82, 2.24) is 15.1 Å². The molecule has 2 heterocycles. The maximum atomic E-state index is 13.4. The average Bonchev–Trinajstić information content (AvgIpc) is 3.25. The summed E-state index contributed by atoms with van der Waals surface area (Å²) in [6.45, 7) is 4.87. The van der Waals surface area contributed by atoms with Gasteiger partial charge in [-0.25, -0.2) is 4.79 Å². The second kappa shape index (κ2) is 10.8. The number of amides is 3. The van der Waals surface area contributed by atoms with Gasteiger partial charge in [-0.1, -0.05) is 48.5 Å². The highest BCUT2D eigenvalue weighted by Gasteiger charge is 2.34. The van der Waals surface area contributed by atoms with Gasteiger partial charge in [-0.3, -0.25) is 9.59 Å². The number of carbonyl (C=O) groups excluding carboxylic acids is 3. The molecule has 0 bridgehead atoms. The lowest BCUT2D eigenvalue weighted by Crippen LogP contribution is -2.53. The van der Waals surface area contributed by atoms with Crippen molar-refractivity contribution in [3.8, 4) is 11.1 Å². The van der Waals surface area contributed by atoms with Crippen LogP contribution < -0.4 is 5.32 Å². The highest BCUT2D eigenvalue weighted by molar-refractivity contribution is 5.86. The number of fused-ring (bicyclic) bond motifs is 3. The highest BCUT2D eigenvalue weighted by atomic mass is 16.5. The number of nitrogens with zero attached hydrogens (tertiary/aromatic N) is 2. The van der Waals surface area contributed by atoms with Gasteiger partial charge in [-0.15, -0.1) is 0 Å². The zero-order valence-electron chi connectivity index (χ0n) is 21.6. The van der Waals surface area contributed by atoms with Crippen molar-refractivity contribution in [1.29, 1.82) is 0 Å². The predicted molar refractivity (Wildman–Crippen MR) is 142 cm³/mol. The smallest absolute Gasteiger partial charge is 0.407 e. The predicted octanol–water partition coefficient (Wildman–Crippen LogP) is 4.82. The molecule has 2 aromatic carbocycles. The van der Waals surface area contributed by atoms with Gasteiger partial charge in [0.2, 0.25) is 11.8 Å². The number of hydrogen-bond donors (Lipinski definition) is 1. The summed E-state index contributed by atoms with van der Waals surface area (Å²) >= 11 is 0. The molecule has 1 unspecified atom stereocenters. The van der Waals surface area contributed by atoms with E-state index in [9.17, 15) is 14.4 Å². The Hall–Kier alpha value is -3.61. The fraction of sp³-hybridized carbons (Fsp3) is 0.433. The third kappa shape index (κ3) is 5.13. The zero-order chi connectivity index (χ0) is 25.9. The summed E-state index contributed by atoms with van der Waals surface area (Å²) in [6, 6.07) is 15.7. The Morgan fingerprint density at radius 1 is 0.973 bits per heavy atom. The third-order valence-electron chi connectivity index (χ3n) is 7.85. The minimum absolute atomic E-state index is 0.0242. The van der Waals surface area contributed by atoms with Gasteiger partial charge < -0.3 is 19.9 Å². The number of hydrogen-bond acceptors (Lipinski definition) is 4. The minimum atomic E-state index is -0.704. The SMILES string of the molecule is CC(=O)N1C=C(C2CCCCN2C(=O)[C@H](C)NC(=O)OCC2c3ccccc3-c3ccccc32)CCC1. The number of piperidine rings is 1. The Labute approximate surface area is 218 Å². The van der Waals surface area contributed by atoms with Gasteiger partial charge >= 0.3 is 6.09 Å². The van der Waals surface area contributed by atoms with Crippen LogP contribution in [-0.2, 0) is 14.3 Å². The second-order valence-corrected chi connectivity index (χ2v) is 10.3. The quantitative estimate of drug-likeness (QED) is 0.637. The van der Waals surface area contributed by atoms with E-state index < -0.39 is 12.1 Å². The molecular weight excluding hydrogens is 466 g/mol. The molecule has 0 radical (unpaired) electrons. The molecule has 0 saturated carbocycles. The van der Waals surface area contributed by atoms with E-state index in [2.05, 4.69) is 29.6 Å². The van der Waals surface area contributed by atoms with Crippen LogP contribution in [0.5, 0.6) is 0 Å². The molecule has 7 heteroatoms. The lowest BCUT2D eigenvalue weighted by molar-refractivity contribution is -0.135. The van der Waals surface area contributed by atoms with Crippen LogP contribution in [0.1, 0.15) is 63.0 Å². The summed E-state index contributed by atoms with van der Waals surface area (Å²) in [7, 11) is 0. The van der Waals surface area contributed by atoms with Crippen molar-refractivity contribution >= 4 is 17.9 Å². The lowest BCUT2D eigenvalue weighted by atomic mass is 9.90. The van der Waals surface area contributed by atoms with Gasteiger partial charge in [0.05, 0.1) is 6.04 Å². The number of ether oxygens (including phenoxy) is 1. The molecule has 5 rings (SSSR count). The number of alkyl carbamates (subject to hydrolysis) is 1. The first-order valence-electron chi connectivity index (χ1n) is 13.3. The van der Waals surface area contributed by atoms with E-state index in [4.69, 9.17) is 4.74 Å². The fourth-order valence-corrected chi connectivity index (χ4v) is 5.99. The Kier molecular flexibility index (Phi) is 7.31. The number of likely N-dealkylation sites (tertiary alicyclic amines) is 1. The van der Waals surface area contributed by atoms with Gasteiger partial charge in [-0.2, -0.15) is 0 Å². The standard InChI is InChI=1S/C30H35N3O4/c1-20(29(35)33-17-8-7-15-28(33)22-10-9-16-32(18-22)21(2)34)31-30(36)37-19-27-25-13-5-3-11-23(25)24-12-4-6-14-26(24)27/h3-6,11-14,18,20,27-28H,7-10,15-17,19H2,1-2H3,(H,31,36)/t20-,28?/m0/s1. The monoisotopic (exact) mass is 501 g/mol. The van der Waals surface area contributed by atoms with Crippen LogP contribution in [-0.4, -0.2) is 59.5 Å². The highest BCUT2D eigenvalue weighted by Crippen LogP contribution is 2.44. The van der Waals surface area contributed by atoms with Gasteiger partial charge in [0.25, 0.3) is 0 Å². The number of nitrogens with one attached hydrogen (secondary N) is 1. The molecule has 0 aromatic heterocycles. The zero-order valence-corrected chi connectivity index (χ0v) is 21.6. The maximum absolute atomic E-state index is 13.4. The topological polar surface area (TPSA) is 79.0 Å². The Morgan fingerprint density at radius 3 is 2.32 bits per heavy atom. The molecule has 3 amide bonds. The van der Waals surface area contributed by atoms with Crippen LogP contribution in [0.4, 0.5) is 4.79 Å². The largest absolute Gasteiger partial charge is 0.449 e. The number of rotatable bonds is 5. The summed E-state index contributed by atoms with van der Waals surface area (Å²) < 4.78 is 5.66. The summed E-state index contributed by atoms with van der Waals surface area (Å²) in [4.78, 5) is 41.7. The van der Waals surface area contributed by atoms with Crippen molar-refractivity contribution in [2.75, 3.05) is 19.7 Å². The summed E-state index contributed by atoms with van der Waals surface area (Å²) in [6.07, 6.45) is 5.98. The molecule has 3 aliphatic rings. The molecule has 1 fully saturated rings. The summed E-state index contributed by atoms with van der Waals surface area (Å²) in [5, 5.41) is 2.76. The van der Waals surface area contributed by atoms with Crippen LogP contribution in [0, 0.1) is 0 Å². The van der Waals surface area contributed by atoms with E-state index in [0.717, 1.165) is 55.3 Å². The van der Waals surface area contributed by atoms with Gasteiger partial charge in [0.15, 0.2) is 0 Å². The number of benzene rings is 2. The van der Waals surface area contributed by atoms with Crippen molar-refractivity contribution < 1.29 is 19.1 Å². The van der Waals surface area contributed by atoms with Crippen molar-refractivity contribution in [2.24, 2.45) is 0 Å². The molecule has 1 aliphatic carbocycles. The van der Waals surface area contributed by atoms with E-state index in [1.54, 1.807) is 18.7 Å². The average molecular weight is 502 g/mol. The molecule has 194 valence electrons. The molecule has 37 heavy (non-hydrogen) atoms. The molecule has 2 aromatic rings. The number of carbonyl (C=O) groups is 3. The molecule has 1 N–H and O–H groups in total. The summed E-state index contributed by atoms with van der Waals surface area (Å²) in [5.41, 5.74) is 5.77. The van der Waals surface area contributed by atoms with Crippen LogP contribution in [0.3, 0.4) is 0 Å². The lowest BCUT2D eigenvalue weighted by Gasteiger charge is -2.40. The molecule has 2 atom stereocenters. The van der Waals surface area contributed by atoms with Gasteiger partial charge in [-0.05, 0) is 66.9 Å². The molecular formula is C30H35N3O4. The van der Waals surface area contributed by atoms with E-state index in [0.29, 0.717) is 6.54 Å². The van der Waals surface area contributed by atoms with Crippen molar-refractivity contribution in [2.45, 2.75) is 64.0 Å². The van der Waals surface area contributed by atoms with E-state index in [1.807, 2.05) is 35.4 Å². The molecule has 1 saturated heterocycles. The minimum Gasteiger partial charge on any atom is -0.449 e.